The summed E-state index contributed by atoms with van der Waals surface area (Å²) in [4.78, 5) is 0. The zero-order valence-corrected chi connectivity index (χ0v) is 11.0. The molecule has 0 heterocycles. The Bertz CT molecular complexity index is 545. The Kier molecular flexibility index (Phi) is 3.82. The molecule has 0 aromatic heterocycles. The molecule has 1 atom stereocenters. The predicted octanol–water partition coefficient (Wildman–Crippen LogP) is 4.32. The maximum absolute atomic E-state index is 13.7. The quantitative estimate of drug-likeness (QED) is 0.875. The van der Waals surface area contributed by atoms with E-state index < -0.39 is 11.9 Å². The van der Waals surface area contributed by atoms with Crippen LogP contribution in [0.3, 0.4) is 0 Å². The molecule has 88 valence electrons. The molecule has 1 nitrogen and oxygen atoms in total. The molecule has 2 rings (SSSR count). The van der Waals surface area contributed by atoms with Gasteiger partial charge in [0.1, 0.15) is 11.9 Å². The fourth-order valence-corrected chi connectivity index (χ4v) is 2.11. The standard InChI is InChI=1S/C13H9BrClFO/c14-9-4-5-11(12(16)7-9)13(17)8-2-1-3-10(15)6-8/h1-7,13,17H. The molecular weight excluding hydrogens is 306 g/mol. The SMILES string of the molecule is OC(c1cccc(Cl)c1)c1ccc(Br)cc1F. The van der Waals surface area contributed by atoms with Crippen LogP contribution in [0.1, 0.15) is 17.2 Å². The van der Waals surface area contributed by atoms with E-state index in [1.165, 1.54) is 6.07 Å². The molecule has 0 spiro atoms. The number of aliphatic hydroxyl groups is 1. The minimum Gasteiger partial charge on any atom is -0.384 e. The molecule has 0 saturated carbocycles. The first-order chi connectivity index (χ1) is 8.08. The average Bonchev–Trinajstić information content (AvgIpc) is 2.28. The van der Waals surface area contributed by atoms with E-state index in [4.69, 9.17) is 11.6 Å². The third-order valence-electron chi connectivity index (χ3n) is 2.42. The minimum atomic E-state index is -1.01. The van der Waals surface area contributed by atoms with Gasteiger partial charge >= 0.3 is 0 Å². The summed E-state index contributed by atoms with van der Waals surface area (Å²) in [6, 6.07) is 11.3. The molecule has 2 aromatic carbocycles. The number of benzene rings is 2. The summed E-state index contributed by atoms with van der Waals surface area (Å²) in [6.07, 6.45) is -1.01. The molecule has 1 unspecified atom stereocenters. The molecule has 0 radical (unpaired) electrons. The average molecular weight is 316 g/mol. The molecule has 0 fully saturated rings. The first kappa shape index (κ1) is 12.6. The van der Waals surface area contributed by atoms with E-state index in [1.54, 1.807) is 36.4 Å². The van der Waals surface area contributed by atoms with Crippen molar-refractivity contribution in [3.8, 4) is 0 Å². The maximum Gasteiger partial charge on any atom is 0.130 e. The predicted molar refractivity (Wildman–Crippen MR) is 69.6 cm³/mol. The molecule has 4 heteroatoms. The van der Waals surface area contributed by atoms with Crippen molar-refractivity contribution in [2.24, 2.45) is 0 Å². The normalized spacial score (nSPS) is 12.5. The van der Waals surface area contributed by atoms with Crippen LogP contribution in [0.5, 0.6) is 0 Å². The molecule has 2 aromatic rings. The maximum atomic E-state index is 13.7. The minimum absolute atomic E-state index is 0.232. The van der Waals surface area contributed by atoms with Gasteiger partial charge in [-0.25, -0.2) is 4.39 Å². The van der Waals surface area contributed by atoms with E-state index >= 15 is 0 Å². The van der Waals surface area contributed by atoms with Gasteiger partial charge in [-0.15, -0.1) is 0 Å². The third-order valence-corrected chi connectivity index (χ3v) is 3.15. The lowest BCUT2D eigenvalue weighted by molar-refractivity contribution is 0.215. The lowest BCUT2D eigenvalue weighted by Gasteiger charge is -2.12. The van der Waals surface area contributed by atoms with Crippen LogP contribution in [0.2, 0.25) is 5.02 Å². The van der Waals surface area contributed by atoms with Crippen LogP contribution in [0.15, 0.2) is 46.9 Å². The molecule has 0 amide bonds. The van der Waals surface area contributed by atoms with Crippen LogP contribution in [0.4, 0.5) is 4.39 Å². The van der Waals surface area contributed by atoms with Crippen molar-refractivity contribution in [1.29, 1.82) is 0 Å². The van der Waals surface area contributed by atoms with Crippen molar-refractivity contribution in [3.05, 3.63) is 68.9 Å². The molecule has 0 aliphatic rings. The highest BCUT2D eigenvalue weighted by atomic mass is 79.9. The van der Waals surface area contributed by atoms with Gasteiger partial charge in [0.2, 0.25) is 0 Å². The number of rotatable bonds is 2. The van der Waals surface area contributed by atoms with Gasteiger partial charge in [0.15, 0.2) is 0 Å². The van der Waals surface area contributed by atoms with Crippen LogP contribution in [-0.4, -0.2) is 5.11 Å². The van der Waals surface area contributed by atoms with E-state index in [0.29, 0.717) is 15.1 Å². The summed E-state index contributed by atoms with van der Waals surface area (Å²) in [7, 11) is 0. The van der Waals surface area contributed by atoms with Gasteiger partial charge in [0.25, 0.3) is 0 Å². The lowest BCUT2D eigenvalue weighted by atomic mass is 10.0. The molecular formula is C13H9BrClFO. The molecule has 0 aliphatic carbocycles. The highest BCUT2D eigenvalue weighted by Gasteiger charge is 2.15. The molecule has 0 saturated heterocycles. The number of halogens is 3. The van der Waals surface area contributed by atoms with Gasteiger partial charge in [-0.1, -0.05) is 45.7 Å². The zero-order chi connectivity index (χ0) is 12.4. The zero-order valence-electron chi connectivity index (χ0n) is 8.70. The number of hydrogen-bond donors (Lipinski definition) is 1. The van der Waals surface area contributed by atoms with E-state index in [9.17, 15) is 9.50 Å². The molecule has 0 bridgehead atoms. The van der Waals surface area contributed by atoms with Crippen molar-refractivity contribution in [2.75, 3.05) is 0 Å². The topological polar surface area (TPSA) is 20.2 Å². The largest absolute Gasteiger partial charge is 0.384 e. The second-order valence-corrected chi connectivity index (χ2v) is 4.98. The highest BCUT2D eigenvalue weighted by molar-refractivity contribution is 9.10. The number of aliphatic hydroxyl groups excluding tert-OH is 1. The van der Waals surface area contributed by atoms with Gasteiger partial charge in [-0.2, -0.15) is 0 Å². The third kappa shape index (κ3) is 2.86. The van der Waals surface area contributed by atoms with Crippen LogP contribution in [-0.2, 0) is 0 Å². The second kappa shape index (κ2) is 5.17. The summed E-state index contributed by atoms with van der Waals surface area (Å²) in [5.41, 5.74) is 0.800. The summed E-state index contributed by atoms with van der Waals surface area (Å²) in [6.45, 7) is 0. The monoisotopic (exact) mass is 314 g/mol. The van der Waals surface area contributed by atoms with Crippen molar-refractivity contribution in [2.45, 2.75) is 6.10 Å². The molecule has 1 N–H and O–H groups in total. The van der Waals surface area contributed by atoms with Crippen LogP contribution in [0, 0.1) is 5.82 Å². The van der Waals surface area contributed by atoms with Gasteiger partial charge in [-0.3, -0.25) is 0 Å². The Morgan fingerprint density at radius 3 is 2.59 bits per heavy atom. The van der Waals surface area contributed by atoms with Gasteiger partial charge in [0.05, 0.1) is 0 Å². The van der Waals surface area contributed by atoms with Gasteiger partial charge in [0, 0.05) is 15.1 Å². The van der Waals surface area contributed by atoms with Gasteiger partial charge < -0.3 is 5.11 Å². The molecule has 17 heavy (non-hydrogen) atoms. The summed E-state index contributed by atoms with van der Waals surface area (Å²) < 4.78 is 14.3. The summed E-state index contributed by atoms with van der Waals surface area (Å²) in [5.74, 6) is -0.452. The Morgan fingerprint density at radius 2 is 1.94 bits per heavy atom. The van der Waals surface area contributed by atoms with Crippen molar-refractivity contribution in [3.63, 3.8) is 0 Å². The second-order valence-electron chi connectivity index (χ2n) is 3.62. The molecule has 0 aliphatic heterocycles. The van der Waals surface area contributed by atoms with Crippen LogP contribution >= 0.6 is 27.5 Å². The highest BCUT2D eigenvalue weighted by Crippen LogP contribution is 2.27. The van der Waals surface area contributed by atoms with E-state index in [1.807, 2.05) is 0 Å². The summed E-state index contributed by atoms with van der Waals surface area (Å²) in [5, 5.41) is 10.6. The van der Waals surface area contributed by atoms with Crippen LogP contribution < -0.4 is 0 Å². The Morgan fingerprint density at radius 1 is 1.18 bits per heavy atom. The fraction of sp³-hybridized carbons (Fsp3) is 0.0769. The van der Waals surface area contributed by atoms with Crippen LogP contribution in [0.25, 0.3) is 0 Å². The Labute approximate surface area is 112 Å². The summed E-state index contributed by atoms with van der Waals surface area (Å²) >= 11 is 9.00. The van der Waals surface area contributed by atoms with Crippen molar-refractivity contribution < 1.29 is 9.50 Å². The first-order valence-corrected chi connectivity index (χ1v) is 6.13. The van der Waals surface area contributed by atoms with Crippen molar-refractivity contribution in [1.82, 2.24) is 0 Å². The van der Waals surface area contributed by atoms with Crippen molar-refractivity contribution >= 4 is 27.5 Å². The van der Waals surface area contributed by atoms with E-state index in [2.05, 4.69) is 15.9 Å². The lowest BCUT2D eigenvalue weighted by Crippen LogP contribution is -2.02. The van der Waals surface area contributed by atoms with E-state index in [0.717, 1.165) is 0 Å². The Hall–Kier alpha value is -0.900. The first-order valence-electron chi connectivity index (χ1n) is 4.96. The number of hydrogen-bond acceptors (Lipinski definition) is 1. The fourth-order valence-electron chi connectivity index (χ4n) is 1.58. The van der Waals surface area contributed by atoms with Gasteiger partial charge in [-0.05, 0) is 29.8 Å². The smallest absolute Gasteiger partial charge is 0.130 e. The van der Waals surface area contributed by atoms with E-state index in [-0.39, 0.29) is 5.56 Å². The Balaban J connectivity index is 2.40.